The van der Waals surface area contributed by atoms with E-state index in [2.05, 4.69) is 16.4 Å². The smallest absolute Gasteiger partial charge is 0.328 e. The molecule has 0 fully saturated rings. The number of hydrogen-bond donors (Lipinski definition) is 1. The number of fused-ring (bicyclic) bond motifs is 1. The van der Waals surface area contributed by atoms with Crippen LogP contribution in [0, 0.1) is 11.3 Å². The van der Waals surface area contributed by atoms with Crippen molar-refractivity contribution in [1.29, 1.82) is 5.26 Å². The largest absolute Gasteiger partial charge is 0.467 e. The fraction of sp³-hybridized carbons (Fsp3) is 0.143. The number of amides is 1. The lowest BCUT2D eigenvalue weighted by Crippen LogP contribution is -2.43. The monoisotopic (exact) mass is 359 g/mol. The van der Waals surface area contributed by atoms with Crippen LogP contribution in [-0.4, -0.2) is 30.0 Å². The van der Waals surface area contributed by atoms with Crippen molar-refractivity contribution in [3.63, 3.8) is 0 Å². The lowest BCUT2D eigenvalue weighted by atomic mass is 10.0. The molecule has 27 heavy (non-hydrogen) atoms. The number of ether oxygens (including phenoxy) is 1. The topological polar surface area (TPSA) is 92.1 Å². The van der Waals surface area contributed by atoms with Crippen molar-refractivity contribution in [3.05, 3.63) is 77.5 Å². The van der Waals surface area contributed by atoms with Gasteiger partial charge < -0.3 is 10.1 Å². The second kappa shape index (κ2) is 8.11. The molecule has 3 rings (SSSR count). The quantitative estimate of drug-likeness (QED) is 0.707. The number of rotatable bonds is 5. The van der Waals surface area contributed by atoms with E-state index in [1.807, 2.05) is 12.1 Å². The molecule has 0 saturated carbocycles. The standard InChI is InChI=1S/C21H17N3O3/c1-27-21(26)18(12-15-6-2-3-7-16(15)13-22)24-20(25)17-10-4-8-14-9-5-11-23-19(14)17/h2-11,18H,12H2,1H3,(H,24,25)/t18-/m0/s1. The van der Waals surface area contributed by atoms with Gasteiger partial charge >= 0.3 is 5.97 Å². The van der Waals surface area contributed by atoms with Gasteiger partial charge in [0.1, 0.15) is 6.04 Å². The van der Waals surface area contributed by atoms with Gasteiger partial charge in [-0.2, -0.15) is 5.26 Å². The molecule has 1 amide bonds. The molecule has 1 N–H and O–H groups in total. The zero-order valence-corrected chi connectivity index (χ0v) is 14.7. The van der Waals surface area contributed by atoms with Gasteiger partial charge in [-0.25, -0.2) is 4.79 Å². The van der Waals surface area contributed by atoms with Crippen molar-refractivity contribution in [2.45, 2.75) is 12.5 Å². The van der Waals surface area contributed by atoms with E-state index in [0.717, 1.165) is 5.39 Å². The van der Waals surface area contributed by atoms with E-state index in [9.17, 15) is 14.9 Å². The van der Waals surface area contributed by atoms with Crippen LogP contribution >= 0.6 is 0 Å². The molecule has 0 aliphatic heterocycles. The van der Waals surface area contributed by atoms with E-state index in [4.69, 9.17) is 4.74 Å². The lowest BCUT2D eigenvalue weighted by molar-refractivity contribution is -0.142. The summed E-state index contributed by atoms with van der Waals surface area (Å²) >= 11 is 0. The number of para-hydroxylation sites is 1. The van der Waals surface area contributed by atoms with E-state index < -0.39 is 17.9 Å². The number of nitrogens with one attached hydrogen (secondary N) is 1. The highest BCUT2D eigenvalue weighted by atomic mass is 16.5. The number of nitrogens with zero attached hydrogens (tertiary/aromatic N) is 2. The van der Waals surface area contributed by atoms with Gasteiger partial charge in [0, 0.05) is 18.0 Å². The van der Waals surface area contributed by atoms with Gasteiger partial charge in [0.05, 0.1) is 29.8 Å². The predicted molar refractivity (Wildman–Crippen MR) is 99.9 cm³/mol. The summed E-state index contributed by atoms with van der Waals surface area (Å²) < 4.78 is 4.83. The maximum absolute atomic E-state index is 12.8. The Hall–Kier alpha value is -3.72. The lowest BCUT2D eigenvalue weighted by Gasteiger charge is -2.17. The predicted octanol–water partition coefficient (Wildman–Crippen LogP) is 2.62. The molecular weight excluding hydrogens is 342 g/mol. The molecule has 6 heteroatoms. The van der Waals surface area contributed by atoms with Crippen molar-refractivity contribution in [1.82, 2.24) is 10.3 Å². The number of aromatic nitrogens is 1. The van der Waals surface area contributed by atoms with Crippen LogP contribution in [0.4, 0.5) is 0 Å². The van der Waals surface area contributed by atoms with Gasteiger partial charge in [0.25, 0.3) is 5.91 Å². The van der Waals surface area contributed by atoms with Crippen LogP contribution in [0.5, 0.6) is 0 Å². The van der Waals surface area contributed by atoms with Gasteiger partial charge in [-0.1, -0.05) is 36.4 Å². The molecule has 0 radical (unpaired) electrons. The molecule has 0 aliphatic rings. The molecule has 1 atom stereocenters. The van der Waals surface area contributed by atoms with E-state index in [1.165, 1.54) is 7.11 Å². The van der Waals surface area contributed by atoms with Crippen LogP contribution < -0.4 is 5.32 Å². The Kier molecular flexibility index (Phi) is 5.43. The van der Waals surface area contributed by atoms with E-state index >= 15 is 0 Å². The van der Waals surface area contributed by atoms with Crippen LogP contribution in [0.2, 0.25) is 0 Å². The molecule has 1 aromatic heterocycles. The summed E-state index contributed by atoms with van der Waals surface area (Å²) in [5, 5.41) is 12.8. The SMILES string of the molecule is COC(=O)[C@H](Cc1ccccc1C#N)NC(=O)c1cccc2cccnc12. The Morgan fingerprint density at radius 3 is 2.70 bits per heavy atom. The number of carbonyl (C=O) groups excluding carboxylic acids is 2. The van der Waals surface area contributed by atoms with E-state index in [0.29, 0.717) is 22.2 Å². The van der Waals surface area contributed by atoms with Gasteiger partial charge in [-0.3, -0.25) is 9.78 Å². The Morgan fingerprint density at radius 2 is 1.93 bits per heavy atom. The first kappa shape index (κ1) is 18.1. The number of benzene rings is 2. The van der Waals surface area contributed by atoms with Crippen LogP contribution in [-0.2, 0) is 16.0 Å². The number of nitriles is 1. The molecule has 0 saturated heterocycles. The van der Waals surface area contributed by atoms with Gasteiger partial charge in [-0.05, 0) is 23.8 Å². The Bertz CT molecular complexity index is 1030. The van der Waals surface area contributed by atoms with E-state index in [1.54, 1.807) is 48.7 Å². The number of methoxy groups -OCH3 is 1. The normalized spacial score (nSPS) is 11.4. The second-order valence-corrected chi connectivity index (χ2v) is 5.90. The molecule has 134 valence electrons. The highest BCUT2D eigenvalue weighted by molar-refractivity contribution is 6.06. The zero-order chi connectivity index (χ0) is 19.2. The molecule has 6 nitrogen and oxygen atoms in total. The van der Waals surface area contributed by atoms with Crippen molar-refractivity contribution >= 4 is 22.8 Å². The average Bonchev–Trinajstić information content (AvgIpc) is 2.72. The summed E-state index contributed by atoms with van der Waals surface area (Å²) in [6, 6.07) is 17.0. The fourth-order valence-corrected chi connectivity index (χ4v) is 2.89. The maximum Gasteiger partial charge on any atom is 0.328 e. The summed E-state index contributed by atoms with van der Waals surface area (Å²) in [6.07, 6.45) is 1.76. The number of hydrogen-bond acceptors (Lipinski definition) is 5. The Balaban J connectivity index is 1.89. The highest BCUT2D eigenvalue weighted by Crippen LogP contribution is 2.17. The summed E-state index contributed by atoms with van der Waals surface area (Å²) in [7, 11) is 1.26. The molecule has 1 heterocycles. The molecule has 0 bridgehead atoms. The third-order valence-electron chi connectivity index (χ3n) is 4.23. The van der Waals surface area contributed by atoms with Gasteiger partial charge in [0.2, 0.25) is 0 Å². The number of carbonyl (C=O) groups is 2. The van der Waals surface area contributed by atoms with Crippen LogP contribution in [0.1, 0.15) is 21.5 Å². The first-order chi connectivity index (χ1) is 13.1. The van der Waals surface area contributed by atoms with Crippen LogP contribution in [0.25, 0.3) is 10.9 Å². The summed E-state index contributed by atoms with van der Waals surface area (Å²) in [6.45, 7) is 0. The minimum atomic E-state index is -0.920. The summed E-state index contributed by atoms with van der Waals surface area (Å²) in [5.74, 6) is -1.01. The van der Waals surface area contributed by atoms with Crippen molar-refractivity contribution < 1.29 is 14.3 Å². The Morgan fingerprint density at radius 1 is 1.15 bits per heavy atom. The highest BCUT2D eigenvalue weighted by Gasteiger charge is 2.24. The minimum Gasteiger partial charge on any atom is -0.467 e. The van der Waals surface area contributed by atoms with Gasteiger partial charge in [-0.15, -0.1) is 0 Å². The van der Waals surface area contributed by atoms with E-state index in [-0.39, 0.29) is 6.42 Å². The maximum atomic E-state index is 12.8. The fourth-order valence-electron chi connectivity index (χ4n) is 2.89. The van der Waals surface area contributed by atoms with Crippen molar-refractivity contribution in [3.8, 4) is 6.07 Å². The summed E-state index contributed by atoms with van der Waals surface area (Å²) in [4.78, 5) is 29.3. The minimum absolute atomic E-state index is 0.153. The van der Waals surface area contributed by atoms with Crippen molar-refractivity contribution in [2.24, 2.45) is 0 Å². The third-order valence-corrected chi connectivity index (χ3v) is 4.23. The molecular formula is C21H17N3O3. The third kappa shape index (κ3) is 3.93. The first-order valence-corrected chi connectivity index (χ1v) is 8.34. The molecule has 0 aliphatic carbocycles. The zero-order valence-electron chi connectivity index (χ0n) is 14.7. The molecule has 2 aromatic carbocycles. The number of esters is 1. The van der Waals surface area contributed by atoms with Crippen LogP contribution in [0.15, 0.2) is 60.8 Å². The van der Waals surface area contributed by atoms with Crippen LogP contribution in [0.3, 0.4) is 0 Å². The first-order valence-electron chi connectivity index (χ1n) is 8.34. The molecule has 0 spiro atoms. The molecule has 0 unspecified atom stereocenters. The number of pyridine rings is 1. The Labute approximate surface area is 156 Å². The summed E-state index contributed by atoms with van der Waals surface area (Å²) in [5.41, 5.74) is 2.04. The average molecular weight is 359 g/mol. The van der Waals surface area contributed by atoms with Crippen molar-refractivity contribution in [2.75, 3.05) is 7.11 Å². The second-order valence-electron chi connectivity index (χ2n) is 5.90. The molecule has 3 aromatic rings. The van der Waals surface area contributed by atoms with Gasteiger partial charge in [0.15, 0.2) is 0 Å².